The Morgan fingerprint density at radius 1 is 1.10 bits per heavy atom. The van der Waals surface area contributed by atoms with Crippen molar-refractivity contribution in [1.82, 2.24) is 10.6 Å². The maximum Gasteiger partial charge on any atom is 0.252 e. The zero-order valence-corrected chi connectivity index (χ0v) is 19.6. The van der Waals surface area contributed by atoms with E-state index in [1.165, 1.54) is 14.2 Å². The van der Waals surface area contributed by atoms with Gasteiger partial charge in [0.25, 0.3) is 5.91 Å². The number of amides is 2. The van der Waals surface area contributed by atoms with Crippen molar-refractivity contribution in [3.8, 4) is 17.2 Å². The minimum Gasteiger partial charge on any atom is -0.497 e. The molecular formula is C23H27BrN2O5. The lowest BCUT2D eigenvalue weighted by molar-refractivity contribution is -0.124. The Kier molecular flexibility index (Phi) is 7.43. The highest BCUT2D eigenvalue weighted by Crippen LogP contribution is 2.34. The molecule has 0 saturated carbocycles. The Morgan fingerprint density at radius 3 is 2.39 bits per heavy atom. The predicted octanol–water partition coefficient (Wildman–Crippen LogP) is 3.86. The lowest BCUT2D eigenvalue weighted by Crippen LogP contribution is -2.50. The maximum absolute atomic E-state index is 13.1. The number of fused-ring (bicyclic) bond motifs is 1. The van der Waals surface area contributed by atoms with Crippen LogP contribution in [0.1, 0.15) is 42.2 Å². The molecular weight excluding hydrogens is 464 g/mol. The van der Waals surface area contributed by atoms with Crippen LogP contribution in [0.3, 0.4) is 0 Å². The van der Waals surface area contributed by atoms with E-state index in [9.17, 15) is 9.59 Å². The van der Waals surface area contributed by atoms with Crippen LogP contribution >= 0.6 is 15.9 Å². The number of halogens is 1. The number of benzene rings is 2. The highest BCUT2D eigenvalue weighted by Gasteiger charge is 2.30. The molecule has 2 aromatic rings. The normalized spacial score (nSPS) is 16.0. The van der Waals surface area contributed by atoms with Gasteiger partial charge in [0, 0.05) is 28.1 Å². The summed E-state index contributed by atoms with van der Waals surface area (Å²) < 4.78 is 17.1. The van der Waals surface area contributed by atoms with Crippen LogP contribution in [-0.2, 0) is 4.79 Å². The number of rotatable bonds is 7. The van der Waals surface area contributed by atoms with Gasteiger partial charge in [0.15, 0.2) is 0 Å². The zero-order chi connectivity index (χ0) is 22.5. The molecule has 7 nitrogen and oxygen atoms in total. The number of methoxy groups -OCH3 is 2. The number of ether oxygens (including phenoxy) is 3. The largest absolute Gasteiger partial charge is 0.497 e. The first-order chi connectivity index (χ1) is 14.8. The van der Waals surface area contributed by atoms with Crippen LogP contribution in [0.5, 0.6) is 17.2 Å². The summed E-state index contributed by atoms with van der Waals surface area (Å²) >= 11 is 3.47. The van der Waals surface area contributed by atoms with Gasteiger partial charge in [-0.1, -0.05) is 29.8 Å². The van der Waals surface area contributed by atoms with Crippen molar-refractivity contribution < 1.29 is 23.8 Å². The van der Waals surface area contributed by atoms with E-state index in [1.807, 2.05) is 32.0 Å². The quantitative estimate of drug-likeness (QED) is 0.615. The number of nitrogens with one attached hydrogen (secondary N) is 2. The second kappa shape index (κ2) is 10.0. The minimum atomic E-state index is -0.705. The van der Waals surface area contributed by atoms with Gasteiger partial charge in [-0.25, -0.2) is 0 Å². The molecule has 0 aromatic heterocycles. The van der Waals surface area contributed by atoms with E-state index in [4.69, 9.17) is 14.2 Å². The summed E-state index contributed by atoms with van der Waals surface area (Å²) in [6.45, 7) is 4.30. The van der Waals surface area contributed by atoms with Crippen LogP contribution in [0, 0.1) is 5.92 Å². The Hall–Kier alpha value is -2.74. The highest BCUT2D eigenvalue weighted by atomic mass is 79.9. The molecule has 1 heterocycles. The van der Waals surface area contributed by atoms with Gasteiger partial charge in [-0.05, 0) is 36.2 Å². The van der Waals surface area contributed by atoms with Gasteiger partial charge >= 0.3 is 0 Å². The van der Waals surface area contributed by atoms with E-state index in [-0.39, 0.29) is 23.8 Å². The molecule has 3 rings (SSSR count). The first-order valence-electron chi connectivity index (χ1n) is 10.1. The van der Waals surface area contributed by atoms with E-state index < -0.39 is 6.04 Å². The molecule has 166 valence electrons. The molecule has 31 heavy (non-hydrogen) atoms. The number of hydrogen-bond donors (Lipinski definition) is 2. The van der Waals surface area contributed by atoms with Crippen LogP contribution < -0.4 is 24.8 Å². The van der Waals surface area contributed by atoms with E-state index in [0.29, 0.717) is 30.1 Å². The average Bonchev–Trinajstić information content (AvgIpc) is 2.76. The first kappa shape index (κ1) is 22.9. The van der Waals surface area contributed by atoms with E-state index >= 15 is 0 Å². The fourth-order valence-corrected chi connectivity index (χ4v) is 3.85. The molecule has 2 amide bonds. The Bertz CT molecular complexity index is 941. The SMILES string of the molecule is COc1cc(OC)cc(C(=O)NC(C(=O)NC2CCOc3ccc(Br)cc32)C(C)C)c1. The van der Waals surface area contributed by atoms with Gasteiger partial charge in [0.1, 0.15) is 23.3 Å². The van der Waals surface area contributed by atoms with Crippen molar-refractivity contribution in [2.45, 2.75) is 32.4 Å². The van der Waals surface area contributed by atoms with Crippen LogP contribution in [0.25, 0.3) is 0 Å². The minimum absolute atomic E-state index is 0.113. The van der Waals surface area contributed by atoms with Gasteiger partial charge < -0.3 is 24.8 Å². The molecule has 0 aliphatic carbocycles. The van der Waals surface area contributed by atoms with Crippen LogP contribution in [0.4, 0.5) is 0 Å². The summed E-state index contributed by atoms with van der Waals surface area (Å²) in [5, 5.41) is 5.94. The van der Waals surface area contributed by atoms with E-state index in [0.717, 1.165) is 15.8 Å². The number of carbonyl (C=O) groups excluding carboxylic acids is 2. The Morgan fingerprint density at radius 2 is 1.77 bits per heavy atom. The first-order valence-corrected chi connectivity index (χ1v) is 10.9. The molecule has 0 fully saturated rings. The molecule has 2 N–H and O–H groups in total. The van der Waals surface area contributed by atoms with Crippen LogP contribution in [0.2, 0.25) is 0 Å². The molecule has 0 bridgehead atoms. The molecule has 2 atom stereocenters. The summed E-state index contributed by atoms with van der Waals surface area (Å²) in [5.74, 6) is 1.03. The van der Waals surface area contributed by atoms with Gasteiger partial charge in [0.2, 0.25) is 5.91 Å². The third-order valence-electron chi connectivity index (χ3n) is 5.18. The van der Waals surface area contributed by atoms with Crippen LogP contribution in [0.15, 0.2) is 40.9 Å². The van der Waals surface area contributed by atoms with Crippen molar-refractivity contribution in [1.29, 1.82) is 0 Å². The van der Waals surface area contributed by atoms with Crippen molar-refractivity contribution >= 4 is 27.7 Å². The average molecular weight is 491 g/mol. The molecule has 2 aromatic carbocycles. The van der Waals surface area contributed by atoms with Gasteiger partial charge in [-0.3, -0.25) is 9.59 Å². The van der Waals surface area contributed by atoms with Gasteiger partial charge in [-0.2, -0.15) is 0 Å². The monoisotopic (exact) mass is 490 g/mol. The topological polar surface area (TPSA) is 85.9 Å². The highest BCUT2D eigenvalue weighted by molar-refractivity contribution is 9.10. The maximum atomic E-state index is 13.1. The Labute approximate surface area is 190 Å². The second-order valence-electron chi connectivity index (χ2n) is 7.68. The molecule has 1 aliphatic heterocycles. The molecule has 2 unspecified atom stereocenters. The summed E-state index contributed by atoms with van der Waals surface area (Å²) in [4.78, 5) is 26.0. The fraction of sp³-hybridized carbons (Fsp3) is 0.391. The van der Waals surface area contributed by atoms with Gasteiger partial charge in [0.05, 0.1) is 26.9 Å². The van der Waals surface area contributed by atoms with E-state index in [2.05, 4.69) is 26.6 Å². The number of carbonyl (C=O) groups is 2. The Balaban J connectivity index is 1.77. The molecule has 8 heteroatoms. The predicted molar refractivity (Wildman–Crippen MR) is 121 cm³/mol. The molecule has 0 saturated heterocycles. The standard InChI is InChI=1S/C23H27BrN2O5/c1-13(2)21(26-22(27)14-9-16(29-3)12-17(10-14)30-4)23(28)25-19-7-8-31-20-6-5-15(24)11-18(19)20/h5-6,9-13,19,21H,7-8H2,1-4H3,(H,25,28)(H,26,27). The number of hydrogen-bond acceptors (Lipinski definition) is 5. The second-order valence-corrected chi connectivity index (χ2v) is 8.59. The molecule has 0 radical (unpaired) electrons. The summed E-state index contributed by atoms with van der Waals surface area (Å²) in [6, 6.07) is 9.75. The van der Waals surface area contributed by atoms with E-state index in [1.54, 1.807) is 18.2 Å². The fourth-order valence-electron chi connectivity index (χ4n) is 3.47. The third kappa shape index (κ3) is 5.50. The zero-order valence-electron chi connectivity index (χ0n) is 18.0. The third-order valence-corrected chi connectivity index (χ3v) is 5.67. The van der Waals surface area contributed by atoms with Crippen molar-refractivity contribution in [2.75, 3.05) is 20.8 Å². The van der Waals surface area contributed by atoms with Gasteiger partial charge in [-0.15, -0.1) is 0 Å². The molecule has 1 aliphatic rings. The molecule has 0 spiro atoms. The van der Waals surface area contributed by atoms with Crippen molar-refractivity contribution in [3.63, 3.8) is 0 Å². The van der Waals surface area contributed by atoms with Crippen molar-refractivity contribution in [2.24, 2.45) is 5.92 Å². The van der Waals surface area contributed by atoms with Crippen LogP contribution in [-0.4, -0.2) is 38.7 Å². The lowest BCUT2D eigenvalue weighted by Gasteiger charge is -2.29. The lowest BCUT2D eigenvalue weighted by atomic mass is 9.98. The summed E-state index contributed by atoms with van der Waals surface area (Å²) in [7, 11) is 3.04. The summed E-state index contributed by atoms with van der Waals surface area (Å²) in [6.07, 6.45) is 0.654. The summed E-state index contributed by atoms with van der Waals surface area (Å²) in [5.41, 5.74) is 1.27. The smallest absolute Gasteiger partial charge is 0.252 e. The van der Waals surface area contributed by atoms with Crippen molar-refractivity contribution in [3.05, 3.63) is 52.0 Å².